The molecule has 0 radical (unpaired) electrons. The third kappa shape index (κ3) is 1.52. The molecule has 0 amide bonds. The van der Waals surface area contributed by atoms with Crippen LogP contribution in [0, 0.1) is 34.0 Å². The van der Waals surface area contributed by atoms with Crippen molar-refractivity contribution in [2.45, 2.75) is 51.4 Å². The van der Waals surface area contributed by atoms with Crippen LogP contribution in [0.1, 0.15) is 33.1 Å². The number of cyclic esters (lactones) is 1. The van der Waals surface area contributed by atoms with E-state index in [-0.39, 0.29) is 24.2 Å². The lowest BCUT2D eigenvalue weighted by Gasteiger charge is -2.59. The molecule has 2 saturated heterocycles. The first-order chi connectivity index (χ1) is 12.2. The van der Waals surface area contributed by atoms with E-state index in [4.69, 9.17) is 9.47 Å². The van der Waals surface area contributed by atoms with E-state index in [1.54, 1.807) is 0 Å². The highest BCUT2D eigenvalue weighted by Crippen LogP contribution is 2.70. The molecule has 0 aromatic rings. The van der Waals surface area contributed by atoms with Gasteiger partial charge in [0.15, 0.2) is 11.2 Å². The Balaban J connectivity index is 1.73. The zero-order valence-corrected chi connectivity index (χ0v) is 15.1. The van der Waals surface area contributed by atoms with E-state index >= 15 is 0 Å². The summed E-state index contributed by atoms with van der Waals surface area (Å²) in [6.07, 6.45) is 1.60. The van der Waals surface area contributed by atoms with Crippen LogP contribution in [0.4, 0.5) is 0 Å². The number of carbonyl (C=O) groups excluding carboxylic acids is 3. The zero-order valence-electron chi connectivity index (χ0n) is 15.1. The molecule has 5 aliphatic rings. The number of carbonyl (C=O) groups is 3. The summed E-state index contributed by atoms with van der Waals surface area (Å²) >= 11 is 0. The van der Waals surface area contributed by atoms with Gasteiger partial charge in [-0.2, -0.15) is 0 Å². The van der Waals surface area contributed by atoms with Crippen LogP contribution in [0.2, 0.25) is 0 Å². The largest absolute Gasteiger partial charge is 0.464 e. The first kappa shape index (κ1) is 16.6. The summed E-state index contributed by atoms with van der Waals surface area (Å²) in [5, 5.41) is 11.0. The van der Waals surface area contributed by atoms with Crippen LogP contribution in [0.15, 0.2) is 12.2 Å². The minimum absolute atomic E-state index is 0.0182. The number of hydrogen-bond acceptors (Lipinski definition) is 6. The predicted octanol–water partition coefficient (Wildman–Crippen LogP) is 1.05. The highest BCUT2D eigenvalue weighted by Gasteiger charge is 2.80. The van der Waals surface area contributed by atoms with Gasteiger partial charge in [0.25, 0.3) is 0 Å². The fourth-order valence-electron chi connectivity index (χ4n) is 7.02. The quantitative estimate of drug-likeness (QED) is 0.247. The van der Waals surface area contributed by atoms with E-state index in [9.17, 15) is 19.5 Å². The number of fused-ring (bicyclic) bond motifs is 4. The maximum atomic E-state index is 13.2. The topological polar surface area (TPSA) is 93.2 Å². The van der Waals surface area contributed by atoms with Crippen molar-refractivity contribution >= 4 is 18.0 Å². The third-order valence-corrected chi connectivity index (χ3v) is 8.11. The molecule has 2 spiro atoms. The van der Waals surface area contributed by atoms with Crippen molar-refractivity contribution < 1.29 is 29.0 Å². The van der Waals surface area contributed by atoms with Gasteiger partial charge in [0.05, 0.1) is 18.3 Å². The van der Waals surface area contributed by atoms with Crippen LogP contribution >= 0.6 is 0 Å². The molecule has 2 heterocycles. The molecule has 6 heteroatoms. The smallest absolute Gasteiger partial charge is 0.323 e. The van der Waals surface area contributed by atoms with Crippen molar-refractivity contribution in [3.63, 3.8) is 0 Å². The third-order valence-electron chi connectivity index (χ3n) is 8.11. The maximum Gasteiger partial charge on any atom is 0.323 e. The maximum absolute atomic E-state index is 13.2. The molecule has 2 bridgehead atoms. The molecule has 5 rings (SSSR count). The number of hydrogen-bond donors (Lipinski definition) is 1. The van der Waals surface area contributed by atoms with E-state index in [0.717, 1.165) is 12.7 Å². The molecular weight excluding hydrogens is 336 g/mol. The van der Waals surface area contributed by atoms with Gasteiger partial charge in [-0.15, -0.1) is 0 Å². The zero-order chi connectivity index (χ0) is 18.6. The molecule has 1 N–H and O–H groups in total. The van der Waals surface area contributed by atoms with Gasteiger partial charge in [-0.1, -0.05) is 20.4 Å². The van der Waals surface area contributed by atoms with E-state index in [2.05, 4.69) is 6.58 Å². The second kappa shape index (κ2) is 4.65. The minimum Gasteiger partial charge on any atom is -0.464 e. The van der Waals surface area contributed by atoms with Crippen molar-refractivity contribution in [3.8, 4) is 0 Å². The first-order valence-electron chi connectivity index (χ1n) is 9.42. The average molecular weight is 360 g/mol. The number of ketones is 1. The average Bonchev–Trinajstić information content (AvgIpc) is 3.33. The monoisotopic (exact) mass is 360 g/mol. The van der Waals surface area contributed by atoms with E-state index in [1.165, 1.54) is 0 Å². The molecule has 140 valence electrons. The van der Waals surface area contributed by atoms with Crippen LogP contribution in [-0.2, 0) is 23.9 Å². The molecule has 3 aliphatic carbocycles. The van der Waals surface area contributed by atoms with E-state index in [0.29, 0.717) is 18.4 Å². The van der Waals surface area contributed by atoms with Gasteiger partial charge in [-0.25, -0.2) is 0 Å². The molecule has 0 aromatic heterocycles. The molecule has 26 heavy (non-hydrogen) atoms. The Bertz CT molecular complexity index is 755. The number of esters is 1. The number of epoxide rings is 1. The number of ether oxygens (including phenoxy) is 2. The second-order valence-electron chi connectivity index (χ2n) is 9.49. The Morgan fingerprint density at radius 1 is 1.27 bits per heavy atom. The first-order valence-corrected chi connectivity index (χ1v) is 9.42. The van der Waals surface area contributed by atoms with Gasteiger partial charge in [-0.3, -0.25) is 9.59 Å². The molecule has 6 nitrogen and oxygen atoms in total. The highest BCUT2D eigenvalue weighted by molar-refractivity contribution is 6.16. The predicted molar refractivity (Wildman–Crippen MR) is 88.8 cm³/mol. The fourth-order valence-corrected chi connectivity index (χ4v) is 7.02. The number of aliphatic hydroxyl groups is 1. The van der Waals surface area contributed by atoms with Gasteiger partial charge >= 0.3 is 5.97 Å². The molecule has 8 atom stereocenters. The van der Waals surface area contributed by atoms with E-state index in [1.807, 2.05) is 13.8 Å². The summed E-state index contributed by atoms with van der Waals surface area (Å²) < 4.78 is 11.5. The molecule has 0 aromatic carbocycles. The summed E-state index contributed by atoms with van der Waals surface area (Å²) in [6, 6.07) is 0. The SMILES string of the molecule is C=C1C(=O)[C@@]23C(=O)OC[C@@]4([C@@H]5O[C@@H]5CC(C)(C)[C@H]4C=O)[C@@H]2CC[C@@H]1[C@H]3O. The van der Waals surface area contributed by atoms with Gasteiger partial charge in [0, 0.05) is 17.3 Å². The summed E-state index contributed by atoms with van der Waals surface area (Å²) in [5.41, 5.74) is -2.39. The Morgan fingerprint density at radius 3 is 2.69 bits per heavy atom. The molecule has 0 unspecified atom stereocenters. The second-order valence-corrected chi connectivity index (χ2v) is 9.49. The van der Waals surface area contributed by atoms with Crippen LogP contribution in [0.3, 0.4) is 0 Å². The lowest BCUT2D eigenvalue weighted by atomic mass is 9.44. The Hall–Kier alpha value is -1.53. The van der Waals surface area contributed by atoms with Crippen molar-refractivity contribution in [1.82, 2.24) is 0 Å². The van der Waals surface area contributed by atoms with Crippen molar-refractivity contribution in [3.05, 3.63) is 12.2 Å². The standard InChI is InChI=1S/C20H24O6/c1-9-10-4-5-12-19(8-25-17(24)20(12,14(9)22)15(10)23)13(7-21)18(2,3)6-11-16(19)26-11/h7,10-13,15-16,23H,1,4-6,8H2,2-3H3/t10-,11+,12-,13+,15+,16+,19+,20-/m0/s1. The molecule has 5 fully saturated rings. The summed E-state index contributed by atoms with van der Waals surface area (Å²) in [7, 11) is 0. The number of aldehydes is 1. The van der Waals surface area contributed by atoms with E-state index < -0.39 is 46.4 Å². The van der Waals surface area contributed by atoms with Gasteiger partial charge < -0.3 is 19.4 Å². The molecular formula is C20H24O6. The Morgan fingerprint density at radius 2 is 2.00 bits per heavy atom. The highest BCUT2D eigenvalue weighted by atomic mass is 16.6. The van der Waals surface area contributed by atoms with Crippen LogP contribution in [-0.4, -0.2) is 48.1 Å². The number of rotatable bonds is 1. The van der Waals surface area contributed by atoms with Crippen molar-refractivity contribution in [2.24, 2.45) is 34.0 Å². The van der Waals surface area contributed by atoms with Crippen LogP contribution in [0.25, 0.3) is 0 Å². The van der Waals surface area contributed by atoms with Gasteiger partial charge in [-0.05, 0) is 36.2 Å². The van der Waals surface area contributed by atoms with Crippen molar-refractivity contribution in [2.75, 3.05) is 6.61 Å². The fraction of sp³-hybridized carbons (Fsp3) is 0.750. The number of Topliss-reactive ketones (excluding diaryl/α,β-unsaturated/α-hetero) is 1. The van der Waals surface area contributed by atoms with Gasteiger partial charge in [0.1, 0.15) is 12.9 Å². The lowest BCUT2D eigenvalue weighted by molar-refractivity contribution is -0.223. The summed E-state index contributed by atoms with van der Waals surface area (Å²) in [6.45, 7) is 8.00. The Labute approximate surface area is 151 Å². The Kier molecular flexibility index (Phi) is 2.98. The molecule has 2 aliphatic heterocycles. The van der Waals surface area contributed by atoms with Crippen LogP contribution in [0.5, 0.6) is 0 Å². The van der Waals surface area contributed by atoms with Crippen molar-refractivity contribution in [1.29, 1.82) is 0 Å². The summed E-state index contributed by atoms with van der Waals surface area (Å²) in [4.78, 5) is 38.3. The molecule has 3 saturated carbocycles. The van der Waals surface area contributed by atoms with Crippen LogP contribution < -0.4 is 0 Å². The van der Waals surface area contributed by atoms with Gasteiger partial charge in [0.2, 0.25) is 0 Å². The number of aliphatic hydroxyl groups excluding tert-OH is 1. The normalized spacial score (nSPS) is 53.7. The summed E-state index contributed by atoms with van der Waals surface area (Å²) in [5.74, 6) is -2.31. The lowest BCUT2D eigenvalue weighted by Crippen LogP contribution is -2.69. The minimum atomic E-state index is -1.62.